The van der Waals surface area contributed by atoms with Crippen LogP contribution in [-0.2, 0) is 16.6 Å². The summed E-state index contributed by atoms with van der Waals surface area (Å²) in [6.45, 7) is 0.145. The number of thiocarbonyl (C=S) groups is 1. The topological polar surface area (TPSA) is 85.1 Å². The van der Waals surface area contributed by atoms with Gasteiger partial charge in [-0.1, -0.05) is 18.3 Å². The number of pyridine rings is 1. The first-order valence-electron chi connectivity index (χ1n) is 4.15. The Morgan fingerprint density at radius 1 is 1.53 bits per heavy atom. The average molecular weight is 245 g/mol. The van der Waals surface area contributed by atoms with E-state index in [0.29, 0.717) is 5.69 Å². The molecule has 0 saturated carbocycles. The molecule has 1 rings (SSSR count). The third-order valence-electron chi connectivity index (χ3n) is 1.53. The van der Waals surface area contributed by atoms with E-state index in [0.717, 1.165) is 0 Å². The molecule has 1 heterocycles. The van der Waals surface area contributed by atoms with Gasteiger partial charge in [-0.15, -0.1) is 0 Å². The lowest BCUT2D eigenvalue weighted by atomic mass is 10.4. The predicted molar refractivity (Wildman–Crippen MR) is 61.6 cm³/mol. The quantitative estimate of drug-likeness (QED) is 0.701. The van der Waals surface area contributed by atoms with Crippen LogP contribution in [0.2, 0.25) is 0 Å². The molecular weight excluding hydrogens is 234 g/mol. The normalized spacial score (nSPS) is 11.2. The fourth-order valence-corrected chi connectivity index (χ4v) is 2.23. The lowest BCUT2D eigenvalue weighted by molar-refractivity contribution is 0.584. The smallest absolute Gasteiger partial charge is 0.218 e. The largest absolute Gasteiger partial charge is 0.392 e. The third-order valence-corrected chi connectivity index (χ3v) is 3.13. The summed E-state index contributed by atoms with van der Waals surface area (Å²) in [6, 6.07) is 5.26. The fourth-order valence-electron chi connectivity index (χ4n) is 0.925. The van der Waals surface area contributed by atoms with Crippen molar-refractivity contribution in [2.24, 2.45) is 5.73 Å². The Morgan fingerprint density at radius 2 is 2.27 bits per heavy atom. The standard InChI is InChI=1S/C8H11N3O2S2/c9-8(14)6-15(12,13)11-5-7-3-1-2-4-10-7/h1-4,11H,5-6H2,(H2,9,14). The molecule has 0 aliphatic heterocycles. The van der Waals surface area contributed by atoms with Crippen molar-refractivity contribution in [2.75, 3.05) is 5.75 Å². The second-order valence-corrected chi connectivity index (χ2v) is 5.20. The maximum Gasteiger partial charge on any atom is 0.218 e. The molecule has 1 aromatic heterocycles. The van der Waals surface area contributed by atoms with Crippen molar-refractivity contribution in [3.05, 3.63) is 30.1 Å². The molecule has 0 saturated heterocycles. The van der Waals surface area contributed by atoms with E-state index >= 15 is 0 Å². The van der Waals surface area contributed by atoms with E-state index in [1.807, 2.05) is 0 Å². The molecule has 0 atom stereocenters. The van der Waals surface area contributed by atoms with Crippen LogP contribution in [0.1, 0.15) is 5.69 Å². The predicted octanol–water partition coefficient (Wildman–Crippen LogP) is -0.213. The number of sulfonamides is 1. The van der Waals surface area contributed by atoms with Gasteiger partial charge < -0.3 is 5.73 Å². The highest BCUT2D eigenvalue weighted by molar-refractivity contribution is 7.92. The van der Waals surface area contributed by atoms with Gasteiger partial charge in [-0.25, -0.2) is 13.1 Å². The molecule has 1 aromatic rings. The van der Waals surface area contributed by atoms with E-state index in [2.05, 4.69) is 21.9 Å². The van der Waals surface area contributed by atoms with E-state index in [-0.39, 0.29) is 17.3 Å². The minimum atomic E-state index is -3.44. The van der Waals surface area contributed by atoms with Crippen molar-refractivity contribution in [3.63, 3.8) is 0 Å². The SMILES string of the molecule is NC(=S)CS(=O)(=O)NCc1ccccn1. The van der Waals surface area contributed by atoms with Crippen LogP contribution in [0.5, 0.6) is 0 Å². The van der Waals surface area contributed by atoms with E-state index in [4.69, 9.17) is 5.73 Å². The summed E-state index contributed by atoms with van der Waals surface area (Å²) < 4.78 is 25.0. The molecule has 0 bridgehead atoms. The van der Waals surface area contributed by atoms with Crippen LogP contribution in [0.3, 0.4) is 0 Å². The van der Waals surface area contributed by atoms with Gasteiger partial charge in [-0.05, 0) is 12.1 Å². The molecule has 15 heavy (non-hydrogen) atoms. The number of nitrogens with one attached hydrogen (secondary N) is 1. The van der Waals surface area contributed by atoms with Gasteiger partial charge in [-0.3, -0.25) is 4.98 Å². The molecule has 7 heteroatoms. The van der Waals surface area contributed by atoms with Crippen molar-refractivity contribution in [3.8, 4) is 0 Å². The molecule has 0 amide bonds. The van der Waals surface area contributed by atoms with Gasteiger partial charge in [0.1, 0.15) is 5.75 Å². The Balaban J connectivity index is 2.54. The molecule has 0 spiro atoms. The summed E-state index contributed by atoms with van der Waals surface area (Å²) in [6.07, 6.45) is 1.59. The highest BCUT2D eigenvalue weighted by Gasteiger charge is 2.11. The molecule has 0 unspecified atom stereocenters. The van der Waals surface area contributed by atoms with Gasteiger partial charge in [-0.2, -0.15) is 0 Å². The molecule has 5 nitrogen and oxygen atoms in total. The second kappa shape index (κ2) is 5.15. The Kier molecular flexibility index (Phi) is 4.13. The second-order valence-electron chi connectivity index (χ2n) is 2.87. The Bertz CT molecular complexity index is 430. The maximum absolute atomic E-state index is 11.3. The zero-order chi connectivity index (χ0) is 11.3. The highest BCUT2D eigenvalue weighted by Crippen LogP contribution is 1.94. The van der Waals surface area contributed by atoms with Crippen LogP contribution in [0, 0.1) is 0 Å². The zero-order valence-corrected chi connectivity index (χ0v) is 9.51. The Morgan fingerprint density at radius 3 is 2.80 bits per heavy atom. The molecule has 0 fully saturated rings. The number of aromatic nitrogens is 1. The molecule has 82 valence electrons. The number of hydrogen-bond acceptors (Lipinski definition) is 4. The molecule has 0 radical (unpaired) electrons. The van der Waals surface area contributed by atoms with Gasteiger partial charge in [0.05, 0.1) is 17.2 Å². The summed E-state index contributed by atoms with van der Waals surface area (Å²) in [7, 11) is -3.44. The molecule has 0 aliphatic carbocycles. The molecular formula is C8H11N3O2S2. The number of nitrogens with zero attached hydrogens (tertiary/aromatic N) is 1. The minimum absolute atomic E-state index is 0.0523. The number of rotatable bonds is 5. The van der Waals surface area contributed by atoms with Crippen molar-refractivity contribution in [1.29, 1.82) is 0 Å². The van der Waals surface area contributed by atoms with Gasteiger partial charge in [0.2, 0.25) is 10.0 Å². The summed E-state index contributed by atoms with van der Waals surface area (Å²) in [5, 5.41) is 0. The molecule has 0 aliphatic rings. The highest BCUT2D eigenvalue weighted by atomic mass is 32.2. The molecule has 3 N–H and O–H groups in total. The summed E-state index contributed by atoms with van der Waals surface area (Å²) in [5.41, 5.74) is 5.79. The van der Waals surface area contributed by atoms with Gasteiger partial charge in [0, 0.05) is 6.20 Å². The first-order valence-corrected chi connectivity index (χ1v) is 6.21. The van der Waals surface area contributed by atoms with Crippen LogP contribution >= 0.6 is 12.2 Å². The van der Waals surface area contributed by atoms with Gasteiger partial charge >= 0.3 is 0 Å². The monoisotopic (exact) mass is 245 g/mol. The molecule has 0 aromatic carbocycles. The fraction of sp³-hybridized carbons (Fsp3) is 0.250. The van der Waals surface area contributed by atoms with E-state index < -0.39 is 10.0 Å². The van der Waals surface area contributed by atoms with Crippen molar-refractivity contribution in [1.82, 2.24) is 9.71 Å². The van der Waals surface area contributed by atoms with Crippen molar-refractivity contribution >= 4 is 27.2 Å². The van der Waals surface area contributed by atoms with E-state index in [1.54, 1.807) is 24.4 Å². The van der Waals surface area contributed by atoms with Crippen molar-refractivity contribution < 1.29 is 8.42 Å². The summed E-state index contributed by atoms with van der Waals surface area (Å²) in [5.74, 6) is -0.338. The van der Waals surface area contributed by atoms with Crippen LogP contribution in [0.25, 0.3) is 0 Å². The maximum atomic E-state index is 11.3. The number of hydrogen-bond donors (Lipinski definition) is 2. The summed E-state index contributed by atoms with van der Waals surface area (Å²) in [4.78, 5) is 3.92. The van der Waals surface area contributed by atoms with Crippen molar-refractivity contribution in [2.45, 2.75) is 6.54 Å². The van der Waals surface area contributed by atoms with Crippen LogP contribution in [0.15, 0.2) is 24.4 Å². The third kappa shape index (κ3) is 4.82. The van der Waals surface area contributed by atoms with Crippen LogP contribution in [0.4, 0.5) is 0 Å². The average Bonchev–Trinajstić information content (AvgIpc) is 2.15. The lowest BCUT2D eigenvalue weighted by Gasteiger charge is -2.04. The summed E-state index contributed by atoms with van der Waals surface area (Å²) >= 11 is 4.52. The van der Waals surface area contributed by atoms with Crippen LogP contribution in [-0.4, -0.2) is 24.1 Å². The van der Waals surface area contributed by atoms with Gasteiger partial charge in [0.25, 0.3) is 0 Å². The lowest BCUT2D eigenvalue weighted by Crippen LogP contribution is -2.32. The Labute approximate surface area is 93.8 Å². The first kappa shape index (κ1) is 12.0. The van der Waals surface area contributed by atoms with E-state index in [1.165, 1.54) is 0 Å². The van der Waals surface area contributed by atoms with Gasteiger partial charge in [0.15, 0.2) is 0 Å². The number of nitrogens with two attached hydrogens (primary N) is 1. The minimum Gasteiger partial charge on any atom is -0.392 e. The van der Waals surface area contributed by atoms with Crippen LogP contribution < -0.4 is 10.5 Å². The Hall–Kier alpha value is -1.05. The first-order chi connectivity index (χ1) is 6.99. The van der Waals surface area contributed by atoms with E-state index in [9.17, 15) is 8.42 Å². The zero-order valence-electron chi connectivity index (χ0n) is 7.88.